The van der Waals surface area contributed by atoms with Crippen molar-refractivity contribution >= 4 is 67.8 Å². The number of hydrogen-bond acceptors (Lipinski definition) is 6. The molecule has 31 heavy (non-hydrogen) atoms. The van der Waals surface area contributed by atoms with E-state index in [4.69, 9.17) is 21.1 Å². The molecular weight excluding hydrogens is 502 g/mol. The van der Waals surface area contributed by atoms with E-state index in [1.807, 2.05) is 24.3 Å². The predicted molar refractivity (Wildman–Crippen MR) is 131 cm³/mol. The number of amidine groups is 1. The molecule has 2 aliphatic heterocycles. The van der Waals surface area contributed by atoms with Gasteiger partial charge in [0.25, 0.3) is 5.91 Å². The first-order chi connectivity index (χ1) is 15.0. The largest absolute Gasteiger partial charge is 0.494 e. The van der Waals surface area contributed by atoms with Crippen LogP contribution in [0.4, 0.5) is 11.4 Å². The average Bonchev–Trinajstić information content (AvgIpc) is 3.02. The second kappa shape index (κ2) is 9.65. The minimum Gasteiger partial charge on any atom is -0.494 e. The van der Waals surface area contributed by atoms with Crippen molar-refractivity contribution in [1.29, 1.82) is 0 Å². The van der Waals surface area contributed by atoms with Gasteiger partial charge in [-0.1, -0.05) is 11.6 Å². The number of halogens is 2. The zero-order valence-electron chi connectivity index (χ0n) is 17.1. The van der Waals surface area contributed by atoms with E-state index >= 15 is 0 Å². The topological polar surface area (TPSA) is 54.4 Å². The Morgan fingerprint density at radius 2 is 1.94 bits per heavy atom. The highest BCUT2D eigenvalue weighted by atomic mass is 79.9. The molecule has 4 rings (SSSR count). The summed E-state index contributed by atoms with van der Waals surface area (Å²) in [6, 6.07) is 11.7. The van der Waals surface area contributed by atoms with E-state index in [0.717, 1.165) is 47.7 Å². The molecule has 9 heteroatoms. The highest BCUT2D eigenvalue weighted by Gasteiger charge is 2.30. The number of amides is 1. The van der Waals surface area contributed by atoms with Crippen molar-refractivity contribution in [2.75, 3.05) is 45.4 Å². The molecule has 0 unspecified atom stereocenters. The SMILES string of the molecule is COc1c(Cl)cc(C=C2SC(=Nc3ccc(N4CCOCC4)cc3)N(C)C2=O)cc1Br. The smallest absolute Gasteiger partial charge is 0.266 e. The van der Waals surface area contributed by atoms with Gasteiger partial charge in [-0.05, 0) is 75.7 Å². The Kier molecular flexibility index (Phi) is 6.91. The molecule has 0 N–H and O–H groups in total. The number of methoxy groups -OCH3 is 1. The van der Waals surface area contributed by atoms with Gasteiger partial charge in [-0.2, -0.15) is 0 Å². The van der Waals surface area contributed by atoms with Gasteiger partial charge in [0.2, 0.25) is 0 Å². The number of anilines is 1. The van der Waals surface area contributed by atoms with Gasteiger partial charge in [0.1, 0.15) is 0 Å². The fourth-order valence-corrected chi connectivity index (χ4v) is 5.38. The summed E-state index contributed by atoms with van der Waals surface area (Å²) < 4.78 is 11.4. The fourth-order valence-electron chi connectivity index (χ4n) is 3.33. The summed E-state index contributed by atoms with van der Waals surface area (Å²) in [6.45, 7) is 3.28. The molecule has 2 saturated heterocycles. The summed E-state index contributed by atoms with van der Waals surface area (Å²) in [5.74, 6) is 0.464. The fraction of sp³-hybridized carbons (Fsp3) is 0.273. The van der Waals surface area contributed by atoms with Crippen LogP contribution in [-0.4, -0.2) is 56.4 Å². The lowest BCUT2D eigenvalue weighted by Gasteiger charge is -2.28. The van der Waals surface area contributed by atoms with E-state index in [9.17, 15) is 4.79 Å². The maximum atomic E-state index is 12.7. The van der Waals surface area contributed by atoms with Crippen LogP contribution in [0.5, 0.6) is 5.75 Å². The summed E-state index contributed by atoms with van der Waals surface area (Å²) in [7, 11) is 3.29. The van der Waals surface area contributed by atoms with Gasteiger partial charge in [0.15, 0.2) is 10.9 Å². The minimum absolute atomic E-state index is 0.100. The number of ether oxygens (including phenoxy) is 2. The number of thioether (sulfide) groups is 1. The Labute approximate surface area is 199 Å². The highest BCUT2D eigenvalue weighted by molar-refractivity contribution is 9.10. The van der Waals surface area contributed by atoms with Crippen LogP contribution in [-0.2, 0) is 9.53 Å². The van der Waals surface area contributed by atoms with Crippen LogP contribution in [0.2, 0.25) is 5.02 Å². The van der Waals surface area contributed by atoms with Crippen LogP contribution in [0.1, 0.15) is 5.56 Å². The van der Waals surface area contributed by atoms with Crippen molar-refractivity contribution in [1.82, 2.24) is 4.90 Å². The maximum Gasteiger partial charge on any atom is 0.266 e. The second-order valence-electron chi connectivity index (χ2n) is 7.00. The molecule has 0 saturated carbocycles. The zero-order valence-corrected chi connectivity index (χ0v) is 20.3. The van der Waals surface area contributed by atoms with Crippen molar-refractivity contribution in [3.05, 3.63) is 56.4 Å². The summed E-state index contributed by atoms with van der Waals surface area (Å²) in [5, 5.41) is 1.11. The number of benzene rings is 2. The lowest BCUT2D eigenvalue weighted by molar-refractivity contribution is -0.121. The van der Waals surface area contributed by atoms with Crippen molar-refractivity contribution in [2.45, 2.75) is 0 Å². The van der Waals surface area contributed by atoms with Gasteiger partial charge in [-0.25, -0.2) is 4.99 Å². The predicted octanol–water partition coefficient (Wildman–Crippen LogP) is 5.18. The monoisotopic (exact) mass is 521 g/mol. The average molecular weight is 523 g/mol. The molecule has 0 aromatic heterocycles. The number of carbonyl (C=O) groups is 1. The first-order valence-corrected chi connectivity index (χ1v) is 11.7. The molecule has 1 amide bonds. The van der Waals surface area contributed by atoms with Crippen molar-refractivity contribution in [2.24, 2.45) is 4.99 Å². The molecule has 162 valence electrons. The molecule has 0 aliphatic carbocycles. The third-order valence-electron chi connectivity index (χ3n) is 4.98. The van der Waals surface area contributed by atoms with Crippen LogP contribution in [0, 0.1) is 0 Å². The van der Waals surface area contributed by atoms with E-state index in [1.165, 1.54) is 11.8 Å². The van der Waals surface area contributed by atoms with E-state index in [2.05, 4.69) is 38.0 Å². The minimum atomic E-state index is -0.100. The van der Waals surface area contributed by atoms with Gasteiger partial charge in [0, 0.05) is 25.8 Å². The first kappa shape index (κ1) is 22.2. The lowest BCUT2D eigenvalue weighted by atomic mass is 10.2. The standard InChI is InChI=1S/C22H21BrClN3O3S/c1-26-21(28)19(13-14-11-17(23)20(29-2)18(24)12-14)31-22(26)25-15-3-5-16(6-4-15)27-7-9-30-10-8-27/h3-6,11-13H,7-10H2,1-2H3. The van der Waals surface area contributed by atoms with Crippen LogP contribution < -0.4 is 9.64 Å². The molecule has 2 aromatic rings. The summed E-state index contributed by atoms with van der Waals surface area (Å²) in [5.41, 5.74) is 2.76. The molecule has 2 aromatic carbocycles. The Morgan fingerprint density at radius 3 is 2.58 bits per heavy atom. The van der Waals surface area contributed by atoms with Gasteiger partial charge in [-0.3, -0.25) is 9.69 Å². The molecule has 2 heterocycles. The lowest BCUT2D eigenvalue weighted by Crippen LogP contribution is -2.36. The Morgan fingerprint density at radius 1 is 1.23 bits per heavy atom. The molecule has 0 atom stereocenters. The molecule has 0 radical (unpaired) electrons. The van der Waals surface area contributed by atoms with Gasteiger partial charge in [-0.15, -0.1) is 0 Å². The molecule has 6 nitrogen and oxygen atoms in total. The first-order valence-electron chi connectivity index (χ1n) is 9.68. The van der Waals surface area contributed by atoms with Crippen molar-refractivity contribution in [3.63, 3.8) is 0 Å². The quantitative estimate of drug-likeness (QED) is 0.518. The van der Waals surface area contributed by atoms with Gasteiger partial charge >= 0.3 is 0 Å². The summed E-state index contributed by atoms with van der Waals surface area (Å²) in [4.78, 5) is 21.8. The number of rotatable bonds is 4. The summed E-state index contributed by atoms with van der Waals surface area (Å²) in [6.07, 6.45) is 1.81. The van der Waals surface area contributed by atoms with E-state index in [0.29, 0.717) is 20.8 Å². The number of morpholine rings is 1. The third-order valence-corrected chi connectivity index (χ3v) is 6.91. The number of likely N-dealkylation sites (N-methyl/N-ethyl adjacent to an activating group) is 1. The molecule has 0 spiro atoms. The van der Waals surface area contributed by atoms with Crippen LogP contribution in [0.15, 0.2) is 50.8 Å². The van der Waals surface area contributed by atoms with Crippen molar-refractivity contribution < 1.29 is 14.3 Å². The number of nitrogens with zero attached hydrogens (tertiary/aromatic N) is 3. The van der Waals surface area contributed by atoms with E-state index < -0.39 is 0 Å². The van der Waals surface area contributed by atoms with Crippen LogP contribution in [0.25, 0.3) is 6.08 Å². The van der Waals surface area contributed by atoms with Gasteiger partial charge < -0.3 is 14.4 Å². The molecule has 2 fully saturated rings. The molecule has 2 aliphatic rings. The zero-order chi connectivity index (χ0) is 22.0. The van der Waals surface area contributed by atoms with E-state index in [-0.39, 0.29) is 5.91 Å². The number of aliphatic imine (C=N–C) groups is 1. The van der Waals surface area contributed by atoms with Crippen LogP contribution in [0.3, 0.4) is 0 Å². The van der Waals surface area contributed by atoms with E-state index in [1.54, 1.807) is 25.1 Å². The Hall–Kier alpha value is -2.00. The Bertz CT molecular complexity index is 1030. The highest BCUT2D eigenvalue weighted by Crippen LogP contribution is 2.37. The number of carbonyl (C=O) groups excluding carboxylic acids is 1. The van der Waals surface area contributed by atoms with Crippen molar-refractivity contribution in [3.8, 4) is 5.75 Å². The maximum absolute atomic E-state index is 12.7. The number of hydrogen-bond donors (Lipinski definition) is 0. The summed E-state index contributed by atoms with van der Waals surface area (Å²) >= 11 is 11.1. The molecule has 0 bridgehead atoms. The normalized spacial score (nSPS) is 19.5. The van der Waals surface area contributed by atoms with Crippen LogP contribution >= 0.6 is 39.3 Å². The van der Waals surface area contributed by atoms with Gasteiger partial charge in [0.05, 0.1) is 40.4 Å². The third kappa shape index (κ3) is 4.92. The Balaban J connectivity index is 1.54. The second-order valence-corrected chi connectivity index (χ2v) is 9.27. The molecular formula is C22H21BrClN3O3S.